The molecule has 0 unspecified atom stereocenters. The number of H-pyrrole nitrogens is 1. The predicted molar refractivity (Wildman–Crippen MR) is 147 cm³/mol. The van der Waals surface area contributed by atoms with Gasteiger partial charge in [0, 0.05) is 48.4 Å². The second kappa shape index (κ2) is 9.08. The molecule has 1 fully saturated rings. The molecule has 0 amide bonds. The van der Waals surface area contributed by atoms with Crippen molar-refractivity contribution in [2.45, 2.75) is 57.4 Å². The van der Waals surface area contributed by atoms with E-state index < -0.39 is 32.1 Å². The van der Waals surface area contributed by atoms with E-state index in [1.807, 2.05) is 17.7 Å². The van der Waals surface area contributed by atoms with Gasteiger partial charge in [0.05, 0.1) is 16.8 Å². The van der Waals surface area contributed by atoms with Gasteiger partial charge in [-0.15, -0.1) is 0 Å². The summed E-state index contributed by atoms with van der Waals surface area (Å²) in [5, 5.41) is 15.1. The predicted octanol–water partition coefficient (Wildman–Crippen LogP) is 5.02. The maximum Gasteiger partial charge on any atom is 0.232 e. The summed E-state index contributed by atoms with van der Waals surface area (Å²) in [6, 6.07) is 3.45. The van der Waals surface area contributed by atoms with E-state index in [0.29, 0.717) is 17.3 Å². The number of aromatic amines is 1. The van der Waals surface area contributed by atoms with Gasteiger partial charge in [-0.3, -0.25) is 9.78 Å². The van der Waals surface area contributed by atoms with Crippen molar-refractivity contribution in [2.75, 3.05) is 23.5 Å². The standard InChI is InChI=1S/C27H30F2N8O2S/c1-14-8-21(35-34-14)31-25-22(15-6-7-15)23(17-12-30-37-13-27(2,3)11-20(17)37)32-26(33-25)36(4)24-18(28)9-16(10-19(24)29)40(5,38)39/h8-10,12,15H,6-7,11,13H2,1-5H3,(H2,31,32,33,34,35). The van der Waals surface area contributed by atoms with Crippen LogP contribution in [0.3, 0.4) is 0 Å². The van der Waals surface area contributed by atoms with Gasteiger partial charge in [0.2, 0.25) is 5.95 Å². The van der Waals surface area contributed by atoms with E-state index in [1.54, 1.807) is 6.20 Å². The number of halogens is 2. The first-order valence-electron chi connectivity index (χ1n) is 13.0. The molecule has 0 bridgehead atoms. The molecule has 1 saturated carbocycles. The van der Waals surface area contributed by atoms with Crippen LogP contribution in [0.1, 0.15) is 49.6 Å². The molecule has 2 aliphatic rings. The number of fused-ring (bicyclic) bond motifs is 1. The van der Waals surface area contributed by atoms with Crippen LogP contribution in [0.15, 0.2) is 29.3 Å². The number of hydrogen-bond donors (Lipinski definition) is 2. The summed E-state index contributed by atoms with van der Waals surface area (Å²) in [4.78, 5) is 10.4. The highest BCUT2D eigenvalue weighted by Crippen LogP contribution is 2.49. The Labute approximate surface area is 230 Å². The van der Waals surface area contributed by atoms with Crippen molar-refractivity contribution < 1.29 is 17.2 Å². The van der Waals surface area contributed by atoms with Crippen molar-refractivity contribution in [3.8, 4) is 11.3 Å². The zero-order chi connectivity index (χ0) is 28.6. The molecule has 40 heavy (non-hydrogen) atoms. The number of hydrogen-bond acceptors (Lipinski definition) is 8. The van der Waals surface area contributed by atoms with Crippen molar-refractivity contribution in [1.82, 2.24) is 29.9 Å². The van der Waals surface area contributed by atoms with Crippen LogP contribution in [0.4, 0.5) is 32.1 Å². The van der Waals surface area contributed by atoms with Gasteiger partial charge >= 0.3 is 0 Å². The van der Waals surface area contributed by atoms with Crippen molar-refractivity contribution in [1.29, 1.82) is 0 Å². The summed E-state index contributed by atoms with van der Waals surface area (Å²) in [5.41, 5.74) is 3.91. The molecule has 1 aromatic carbocycles. The van der Waals surface area contributed by atoms with E-state index in [9.17, 15) is 8.42 Å². The van der Waals surface area contributed by atoms with Gasteiger partial charge < -0.3 is 10.2 Å². The van der Waals surface area contributed by atoms with Crippen LogP contribution in [0.5, 0.6) is 0 Å². The highest BCUT2D eigenvalue weighted by atomic mass is 32.2. The van der Waals surface area contributed by atoms with Crippen LogP contribution in [0.2, 0.25) is 0 Å². The molecule has 1 aliphatic carbocycles. The quantitative estimate of drug-likeness (QED) is 0.319. The van der Waals surface area contributed by atoms with E-state index in [1.165, 1.54) is 11.9 Å². The van der Waals surface area contributed by atoms with E-state index in [2.05, 4.69) is 34.5 Å². The molecule has 0 spiro atoms. The van der Waals surface area contributed by atoms with Crippen LogP contribution in [0.25, 0.3) is 11.3 Å². The largest absolute Gasteiger partial charge is 0.323 e. The van der Waals surface area contributed by atoms with E-state index >= 15 is 8.78 Å². The number of rotatable bonds is 7. The lowest BCUT2D eigenvalue weighted by atomic mass is 9.89. The first-order valence-corrected chi connectivity index (χ1v) is 14.9. The van der Waals surface area contributed by atoms with Gasteiger partial charge in [-0.1, -0.05) is 13.8 Å². The summed E-state index contributed by atoms with van der Waals surface area (Å²) < 4.78 is 56.3. The summed E-state index contributed by atoms with van der Waals surface area (Å²) in [6.07, 6.45) is 5.43. The monoisotopic (exact) mass is 568 g/mol. The Morgan fingerprint density at radius 1 is 1.15 bits per heavy atom. The minimum absolute atomic E-state index is 0.0337. The Hall–Kier alpha value is -3.87. The minimum Gasteiger partial charge on any atom is -0.323 e. The fourth-order valence-electron chi connectivity index (χ4n) is 5.29. The number of nitrogens with one attached hydrogen (secondary N) is 2. The summed E-state index contributed by atoms with van der Waals surface area (Å²) in [7, 11) is -2.36. The Balaban J connectivity index is 1.54. The lowest BCUT2D eigenvalue weighted by molar-refractivity contribution is 0.347. The Morgan fingerprint density at radius 2 is 1.85 bits per heavy atom. The third-order valence-electron chi connectivity index (χ3n) is 7.35. The summed E-state index contributed by atoms with van der Waals surface area (Å²) >= 11 is 0. The molecule has 3 aromatic heterocycles. The number of sulfone groups is 1. The SMILES string of the molecule is Cc1cc(Nc2nc(N(C)c3c(F)cc(S(C)(=O)=O)cc3F)nc(-c3cnn4c3CC(C)(C)C4)c2C2CC2)n[nH]1. The van der Waals surface area contributed by atoms with Crippen molar-refractivity contribution in [2.24, 2.45) is 5.41 Å². The van der Waals surface area contributed by atoms with E-state index in [4.69, 9.17) is 9.97 Å². The summed E-state index contributed by atoms with van der Waals surface area (Å²) in [5.74, 6) is -0.781. The zero-order valence-corrected chi connectivity index (χ0v) is 23.7. The Morgan fingerprint density at radius 3 is 2.45 bits per heavy atom. The minimum atomic E-state index is -3.81. The molecular formula is C27H30F2N8O2S. The van der Waals surface area contributed by atoms with Crippen molar-refractivity contribution in [3.63, 3.8) is 0 Å². The molecule has 0 radical (unpaired) electrons. The van der Waals surface area contributed by atoms with Crippen LogP contribution >= 0.6 is 0 Å². The first kappa shape index (κ1) is 26.4. The molecule has 6 rings (SSSR count). The fourth-order valence-corrected chi connectivity index (χ4v) is 5.93. The highest BCUT2D eigenvalue weighted by molar-refractivity contribution is 7.90. The number of anilines is 4. The average molecular weight is 569 g/mol. The van der Waals surface area contributed by atoms with Gasteiger partial charge in [0.25, 0.3) is 0 Å². The molecule has 0 atom stereocenters. The molecule has 0 saturated heterocycles. The maximum atomic E-state index is 15.2. The topological polar surface area (TPSA) is 122 Å². The normalized spacial score (nSPS) is 16.3. The first-order chi connectivity index (χ1) is 18.8. The lowest BCUT2D eigenvalue weighted by Gasteiger charge is -2.23. The fraction of sp³-hybridized carbons (Fsp3) is 0.407. The van der Waals surface area contributed by atoms with Crippen LogP contribution in [-0.4, -0.2) is 51.7 Å². The van der Waals surface area contributed by atoms with Gasteiger partial charge in [-0.05, 0) is 49.7 Å². The number of nitrogens with zero attached hydrogens (tertiary/aromatic N) is 6. The zero-order valence-electron chi connectivity index (χ0n) is 22.9. The number of benzene rings is 1. The maximum absolute atomic E-state index is 15.2. The lowest BCUT2D eigenvalue weighted by Crippen LogP contribution is -2.19. The van der Waals surface area contributed by atoms with E-state index in [-0.39, 0.29) is 17.3 Å². The van der Waals surface area contributed by atoms with Crippen LogP contribution in [0, 0.1) is 24.0 Å². The molecule has 1 aliphatic heterocycles. The van der Waals surface area contributed by atoms with Gasteiger partial charge in [0.15, 0.2) is 27.3 Å². The molecule has 2 N–H and O–H groups in total. The molecule has 210 valence electrons. The van der Waals surface area contributed by atoms with Gasteiger partial charge in [-0.2, -0.15) is 15.2 Å². The summed E-state index contributed by atoms with van der Waals surface area (Å²) in [6.45, 7) is 7.03. The number of aromatic nitrogens is 6. The van der Waals surface area contributed by atoms with E-state index in [0.717, 1.165) is 66.7 Å². The highest BCUT2D eigenvalue weighted by Gasteiger charge is 2.37. The molecule has 10 nitrogen and oxygen atoms in total. The smallest absolute Gasteiger partial charge is 0.232 e. The van der Waals surface area contributed by atoms with Crippen LogP contribution < -0.4 is 10.2 Å². The van der Waals surface area contributed by atoms with Crippen molar-refractivity contribution >= 4 is 33.1 Å². The second-order valence-electron chi connectivity index (χ2n) is 11.5. The second-order valence-corrected chi connectivity index (χ2v) is 13.6. The van der Waals surface area contributed by atoms with Crippen LogP contribution in [-0.2, 0) is 22.8 Å². The Kier molecular flexibility index (Phi) is 5.98. The molecular weight excluding hydrogens is 538 g/mol. The molecule has 4 aromatic rings. The Bertz CT molecular complexity index is 1730. The third kappa shape index (κ3) is 4.72. The molecule has 4 heterocycles. The van der Waals surface area contributed by atoms with Gasteiger partial charge in [0.1, 0.15) is 11.5 Å². The number of aryl methyl sites for hydroxylation is 1. The average Bonchev–Trinajstić information content (AvgIpc) is 3.39. The molecule has 13 heteroatoms. The van der Waals surface area contributed by atoms with Crippen molar-refractivity contribution in [3.05, 3.63) is 53.0 Å². The third-order valence-corrected chi connectivity index (χ3v) is 8.45. The van der Waals surface area contributed by atoms with Gasteiger partial charge in [-0.25, -0.2) is 22.2 Å².